The molecule has 0 spiro atoms. The minimum atomic E-state index is -1.12. The second-order valence-electron chi connectivity index (χ2n) is 10.0. The number of benzene rings is 3. The first kappa shape index (κ1) is 22.5. The highest BCUT2D eigenvalue weighted by molar-refractivity contribution is 6.34. The van der Waals surface area contributed by atoms with Gasteiger partial charge in [-0.2, -0.15) is 0 Å². The summed E-state index contributed by atoms with van der Waals surface area (Å²) in [7, 11) is 1.55. The number of allylic oxidation sites excluding steroid dienone is 2. The summed E-state index contributed by atoms with van der Waals surface area (Å²) in [6, 6.07) is 26.7. The molecule has 1 saturated carbocycles. The van der Waals surface area contributed by atoms with E-state index in [1.165, 1.54) is 4.90 Å². The number of carbonyl (C=O) groups is 3. The van der Waals surface area contributed by atoms with Gasteiger partial charge in [-0.1, -0.05) is 73.7 Å². The standard InChI is InChI=1S/C31H27NO4/c1-4-31-24(20-14-9-6-10-15-20)23(19-12-7-5-8-13-19)30(2,29(31)35)25-26(31)28(34)32(27(25)33)21-16-11-17-22(18-21)36-3/h5-18,25-26H,4H2,1-3H3/t25-,26+,30+,31-/m1/s1. The topological polar surface area (TPSA) is 63.7 Å². The Bertz CT molecular complexity index is 1440. The van der Waals surface area contributed by atoms with E-state index in [-0.39, 0.29) is 17.6 Å². The second-order valence-corrected chi connectivity index (χ2v) is 10.0. The number of fused-ring (bicyclic) bond motifs is 5. The predicted octanol–water partition coefficient (Wildman–Crippen LogP) is 5.41. The van der Waals surface area contributed by atoms with E-state index in [1.807, 2.05) is 74.5 Å². The molecule has 2 bridgehead atoms. The van der Waals surface area contributed by atoms with Gasteiger partial charge in [-0.3, -0.25) is 14.4 Å². The number of ether oxygens (including phenoxy) is 1. The van der Waals surface area contributed by atoms with Gasteiger partial charge in [0.05, 0.1) is 35.5 Å². The number of rotatable bonds is 5. The highest BCUT2D eigenvalue weighted by Crippen LogP contribution is 2.74. The molecule has 1 saturated heterocycles. The van der Waals surface area contributed by atoms with E-state index in [4.69, 9.17) is 4.74 Å². The molecule has 3 aromatic rings. The minimum absolute atomic E-state index is 0.0165. The van der Waals surface area contributed by atoms with E-state index >= 15 is 0 Å². The number of Topliss-reactive ketones (excluding diaryl/α,β-unsaturated/α-hetero) is 1. The molecule has 1 aliphatic heterocycles. The zero-order chi connectivity index (χ0) is 25.2. The van der Waals surface area contributed by atoms with Crippen LogP contribution >= 0.6 is 0 Å². The average molecular weight is 478 g/mol. The Hall–Kier alpha value is -3.99. The molecular formula is C31H27NO4. The van der Waals surface area contributed by atoms with E-state index < -0.39 is 22.7 Å². The number of nitrogens with zero attached hydrogens (tertiary/aromatic N) is 1. The van der Waals surface area contributed by atoms with E-state index in [2.05, 4.69) is 0 Å². The van der Waals surface area contributed by atoms with Crippen LogP contribution in [0.5, 0.6) is 5.75 Å². The quantitative estimate of drug-likeness (QED) is 0.461. The van der Waals surface area contributed by atoms with Crippen LogP contribution in [-0.4, -0.2) is 24.7 Å². The van der Waals surface area contributed by atoms with Crippen LogP contribution in [0.2, 0.25) is 0 Å². The van der Waals surface area contributed by atoms with E-state index in [0.717, 1.165) is 22.3 Å². The van der Waals surface area contributed by atoms with Crippen molar-refractivity contribution in [2.75, 3.05) is 12.0 Å². The Morgan fingerprint density at radius 2 is 1.36 bits per heavy atom. The Kier molecular flexibility index (Phi) is 4.84. The van der Waals surface area contributed by atoms with Gasteiger partial charge in [0.2, 0.25) is 11.8 Å². The fourth-order valence-corrected chi connectivity index (χ4v) is 7.13. The van der Waals surface area contributed by atoms with Crippen molar-refractivity contribution in [2.45, 2.75) is 20.3 Å². The van der Waals surface area contributed by atoms with Crippen molar-refractivity contribution >= 4 is 34.4 Å². The zero-order valence-electron chi connectivity index (χ0n) is 20.5. The molecule has 5 heteroatoms. The molecule has 2 amide bonds. The van der Waals surface area contributed by atoms with Gasteiger partial charge in [-0.25, -0.2) is 4.90 Å². The lowest BCUT2D eigenvalue weighted by atomic mass is 9.62. The van der Waals surface area contributed by atoms with Gasteiger partial charge in [0.1, 0.15) is 5.75 Å². The summed E-state index contributed by atoms with van der Waals surface area (Å²) in [5.74, 6) is -1.58. The van der Waals surface area contributed by atoms with Crippen molar-refractivity contribution in [3.63, 3.8) is 0 Å². The zero-order valence-corrected chi connectivity index (χ0v) is 20.5. The van der Waals surface area contributed by atoms with Gasteiger partial charge in [0.15, 0.2) is 5.78 Å². The van der Waals surface area contributed by atoms with Crippen molar-refractivity contribution in [1.29, 1.82) is 0 Å². The number of anilines is 1. The van der Waals surface area contributed by atoms with Crippen molar-refractivity contribution in [3.8, 4) is 5.75 Å². The number of amides is 2. The van der Waals surface area contributed by atoms with Crippen LogP contribution in [-0.2, 0) is 14.4 Å². The summed E-state index contributed by atoms with van der Waals surface area (Å²) >= 11 is 0. The van der Waals surface area contributed by atoms with Gasteiger partial charge in [-0.05, 0) is 47.8 Å². The van der Waals surface area contributed by atoms with Gasteiger partial charge in [0.25, 0.3) is 0 Å². The molecule has 36 heavy (non-hydrogen) atoms. The largest absolute Gasteiger partial charge is 0.497 e. The molecule has 3 aliphatic rings. The van der Waals surface area contributed by atoms with E-state index in [0.29, 0.717) is 17.9 Å². The van der Waals surface area contributed by atoms with Crippen LogP contribution in [0, 0.1) is 22.7 Å². The van der Waals surface area contributed by atoms with E-state index in [1.54, 1.807) is 31.4 Å². The summed E-state index contributed by atoms with van der Waals surface area (Å²) < 4.78 is 5.35. The van der Waals surface area contributed by atoms with Crippen LogP contribution < -0.4 is 9.64 Å². The van der Waals surface area contributed by atoms with Crippen molar-refractivity contribution in [1.82, 2.24) is 0 Å². The van der Waals surface area contributed by atoms with Crippen molar-refractivity contribution in [3.05, 3.63) is 96.1 Å². The Labute approximate surface area is 210 Å². The molecule has 1 heterocycles. The van der Waals surface area contributed by atoms with Gasteiger partial charge in [0, 0.05) is 6.07 Å². The van der Waals surface area contributed by atoms with Gasteiger partial charge >= 0.3 is 0 Å². The molecule has 2 fully saturated rings. The van der Waals surface area contributed by atoms with Crippen molar-refractivity contribution < 1.29 is 19.1 Å². The lowest BCUT2D eigenvalue weighted by molar-refractivity contribution is -0.134. The first-order valence-electron chi connectivity index (χ1n) is 12.3. The average Bonchev–Trinajstić information content (AvgIpc) is 3.39. The smallest absolute Gasteiger partial charge is 0.239 e. The maximum Gasteiger partial charge on any atom is 0.239 e. The lowest BCUT2D eigenvalue weighted by Crippen LogP contribution is -2.41. The first-order valence-corrected chi connectivity index (χ1v) is 12.3. The Morgan fingerprint density at radius 1 is 0.778 bits per heavy atom. The summed E-state index contributed by atoms with van der Waals surface area (Å²) in [5, 5.41) is 0. The SMILES string of the molecule is CC[C@@]12C(=O)[C@@](C)(C(c3ccccc3)=C1c1ccccc1)[C@H]1C(=O)N(c3cccc(OC)c3)C(=O)[C@H]12. The number of imide groups is 1. The molecular weight excluding hydrogens is 450 g/mol. The third kappa shape index (κ3) is 2.58. The molecule has 3 aromatic carbocycles. The molecule has 0 unspecified atom stereocenters. The maximum absolute atomic E-state index is 14.5. The summed E-state index contributed by atoms with van der Waals surface area (Å²) in [5.41, 5.74) is 1.88. The number of ketones is 1. The molecule has 180 valence electrons. The number of hydrogen-bond acceptors (Lipinski definition) is 4. The lowest BCUT2D eigenvalue weighted by Gasteiger charge is -2.37. The van der Waals surface area contributed by atoms with Gasteiger partial charge < -0.3 is 4.74 Å². The predicted molar refractivity (Wildman–Crippen MR) is 138 cm³/mol. The van der Waals surface area contributed by atoms with Crippen molar-refractivity contribution in [2.24, 2.45) is 22.7 Å². The Balaban J connectivity index is 1.63. The second kappa shape index (κ2) is 7.76. The van der Waals surface area contributed by atoms with E-state index in [9.17, 15) is 14.4 Å². The Morgan fingerprint density at radius 3 is 1.94 bits per heavy atom. The number of carbonyl (C=O) groups excluding carboxylic acids is 3. The third-order valence-electron chi connectivity index (χ3n) is 8.55. The molecule has 0 aromatic heterocycles. The van der Waals surface area contributed by atoms with Crippen LogP contribution in [0.15, 0.2) is 84.9 Å². The molecule has 2 aliphatic carbocycles. The fourth-order valence-electron chi connectivity index (χ4n) is 7.13. The maximum atomic E-state index is 14.5. The minimum Gasteiger partial charge on any atom is -0.497 e. The normalized spacial score (nSPS) is 28.8. The fraction of sp³-hybridized carbons (Fsp3) is 0.258. The monoisotopic (exact) mass is 477 g/mol. The van der Waals surface area contributed by atoms with Crippen LogP contribution in [0.4, 0.5) is 5.69 Å². The number of hydrogen-bond donors (Lipinski definition) is 0. The molecule has 4 atom stereocenters. The summed E-state index contributed by atoms with van der Waals surface area (Å²) in [6.45, 7) is 3.84. The molecule has 0 N–H and O–H groups in total. The van der Waals surface area contributed by atoms with Gasteiger partial charge in [-0.15, -0.1) is 0 Å². The first-order chi connectivity index (χ1) is 17.4. The highest BCUT2D eigenvalue weighted by atomic mass is 16.5. The number of methoxy groups -OCH3 is 1. The summed E-state index contributed by atoms with van der Waals surface area (Å²) in [4.78, 5) is 44.0. The van der Waals surface area contributed by atoms with Crippen LogP contribution in [0.3, 0.4) is 0 Å². The third-order valence-corrected chi connectivity index (χ3v) is 8.55. The van der Waals surface area contributed by atoms with Crippen LogP contribution in [0.1, 0.15) is 31.4 Å². The molecule has 5 nitrogen and oxygen atoms in total. The summed E-state index contributed by atoms with van der Waals surface area (Å²) in [6.07, 6.45) is 0.439. The highest BCUT2D eigenvalue weighted by Gasteiger charge is 2.79. The molecule has 0 radical (unpaired) electrons. The van der Waals surface area contributed by atoms with Crippen LogP contribution in [0.25, 0.3) is 11.1 Å². The molecule has 6 rings (SSSR count).